The average molecular weight is 436 g/mol. The molecule has 0 radical (unpaired) electrons. The number of nitrogens with one attached hydrogen (secondary N) is 4. The number of amides is 2. The van der Waals surface area contributed by atoms with Crippen LogP contribution in [0.2, 0.25) is 0 Å². The molecular weight excluding hydrogens is 406 g/mol. The van der Waals surface area contributed by atoms with Gasteiger partial charge in [-0.1, -0.05) is 30.3 Å². The van der Waals surface area contributed by atoms with Gasteiger partial charge in [0, 0.05) is 50.7 Å². The third kappa shape index (κ3) is 4.72. The zero-order valence-corrected chi connectivity index (χ0v) is 18.6. The van der Waals surface area contributed by atoms with E-state index in [9.17, 15) is 9.59 Å². The summed E-state index contributed by atoms with van der Waals surface area (Å²) in [6, 6.07) is 11.9. The fraction of sp³-hybridized carbons (Fsp3) is 0.391. The Kier molecular flexibility index (Phi) is 6.36. The molecule has 2 atom stereocenters. The summed E-state index contributed by atoms with van der Waals surface area (Å²) in [5.41, 5.74) is 1.97. The number of rotatable bonds is 6. The van der Waals surface area contributed by atoms with Crippen molar-refractivity contribution in [2.24, 2.45) is 0 Å². The second-order valence-electron chi connectivity index (χ2n) is 8.23. The van der Waals surface area contributed by atoms with Gasteiger partial charge in [-0.15, -0.1) is 0 Å². The molecule has 2 aromatic heterocycles. The summed E-state index contributed by atoms with van der Waals surface area (Å²) in [6.07, 6.45) is 0. The quantitative estimate of drug-likeness (QED) is 0.440. The summed E-state index contributed by atoms with van der Waals surface area (Å²) < 4.78 is 0. The summed E-state index contributed by atoms with van der Waals surface area (Å²) in [5, 5.41) is 10.2. The van der Waals surface area contributed by atoms with Gasteiger partial charge in [0.15, 0.2) is 5.82 Å². The van der Waals surface area contributed by atoms with E-state index in [4.69, 9.17) is 4.98 Å². The standard InChI is InChI=1S/C23H29N7O2/c1-14-13-30(15(2)12-26-14)23(32)19-11-18-21(25-10-9-24-16(3)31)28-20(29-22(18)27-19)17-7-5-4-6-8-17/h4-8,11,14-15,26H,9-10,12-13H2,1-3H3,(H,24,31)(H2,25,27,28,29)/t14-,15+/m0/s1. The van der Waals surface area contributed by atoms with Gasteiger partial charge in [-0.25, -0.2) is 9.97 Å². The van der Waals surface area contributed by atoms with Crippen molar-refractivity contribution in [2.75, 3.05) is 31.5 Å². The number of piperazine rings is 1. The Morgan fingerprint density at radius 3 is 2.69 bits per heavy atom. The van der Waals surface area contributed by atoms with Crippen LogP contribution >= 0.6 is 0 Å². The lowest BCUT2D eigenvalue weighted by Gasteiger charge is -2.37. The number of aromatic amines is 1. The summed E-state index contributed by atoms with van der Waals surface area (Å²) >= 11 is 0. The number of carbonyl (C=O) groups is 2. The Morgan fingerprint density at radius 1 is 1.16 bits per heavy atom. The van der Waals surface area contributed by atoms with Crippen LogP contribution < -0.4 is 16.0 Å². The van der Waals surface area contributed by atoms with Gasteiger partial charge in [-0.05, 0) is 19.9 Å². The van der Waals surface area contributed by atoms with E-state index in [-0.39, 0.29) is 23.9 Å². The fourth-order valence-electron chi connectivity index (χ4n) is 3.85. The normalized spacial score (nSPS) is 18.5. The van der Waals surface area contributed by atoms with Crippen molar-refractivity contribution in [1.29, 1.82) is 0 Å². The molecule has 3 heterocycles. The monoisotopic (exact) mass is 435 g/mol. The lowest BCUT2D eigenvalue weighted by molar-refractivity contribution is -0.118. The first-order valence-electron chi connectivity index (χ1n) is 10.9. The molecule has 0 bridgehead atoms. The van der Waals surface area contributed by atoms with E-state index < -0.39 is 0 Å². The van der Waals surface area contributed by atoms with Crippen molar-refractivity contribution < 1.29 is 9.59 Å². The SMILES string of the molecule is CC(=O)NCCNc1nc(-c2ccccc2)nc2[nH]c(C(=O)N3C[C@H](C)NC[C@H]3C)cc12. The highest BCUT2D eigenvalue weighted by molar-refractivity contribution is 6.00. The smallest absolute Gasteiger partial charge is 0.270 e. The number of benzene rings is 1. The van der Waals surface area contributed by atoms with Gasteiger partial charge in [-0.2, -0.15) is 0 Å². The molecule has 2 amide bonds. The van der Waals surface area contributed by atoms with E-state index in [1.165, 1.54) is 6.92 Å². The van der Waals surface area contributed by atoms with Crippen LogP contribution in [0.4, 0.5) is 5.82 Å². The van der Waals surface area contributed by atoms with E-state index in [1.807, 2.05) is 48.2 Å². The summed E-state index contributed by atoms with van der Waals surface area (Å²) in [6.45, 7) is 7.99. The predicted molar refractivity (Wildman–Crippen MR) is 124 cm³/mol. The molecule has 0 aliphatic carbocycles. The van der Waals surface area contributed by atoms with Crippen LogP contribution in [-0.4, -0.2) is 69.9 Å². The van der Waals surface area contributed by atoms with Crippen molar-refractivity contribution in [3.05, 3.63) is 42.1 Å². The molecular formula is C23H29N7O2. The minimum absolute atomic E-state index is 0.0469. The highest BCUT2D eigenvalue weighted by Crippen LogP contribution is 2.26. The van der Waals surface area contributed by atoms with Gasteiger partial charge in [0.2, 0.25) is 5.91 Å². The number of aromatic nitrogens is 3. The van der Waals surface area contributed by atoms with Crippen molar-refractivity contribution >= 4 is 28.7 Å². The van der Waals surface area contributed by atoms with E-state index >= 15 is 0 Å². The first-order valence-corrected chi connectivity index (χ1v) is 10.9. The highest BCUT2D eigenvalue weighted by atomic mass is 16.2. The van der Waals surface area contributed by atoms with Crippen LogP contribution in [0, 0.1) is 0 Å². The van der Waals surface area contributed by atoms with Crippen LogP contribution in [0.25, 0.3) is 22.4 Å². The van der Waals surface area contributed by atoms with E-state index in [1.54, 1.807) is 0 Å². The molecule has 32 heavy (non-hydrogen) atoms. The first kappa shape index (κ1) is 21.8. The molecule has 0 saturated carbocycles. The molecule has 1 aliphatic heterocycles. The largest absolute Gasteiger partial charge is 0.368 e. The van der Waals surface area contributed by atoms with Crippen LogP contribution in [0.3, 0.4) is 0 Å². The molecule has 0 spiro atoms. The van der Waals surface area contributed by atoms with Crippen molar-refractivity contribution in [2.45, 2.75) is 32.9 Å². The van der Waals surface area contributed by atoms with Crippen LogP contribution in [0.1, 0.15) is 31.3 Å². The molecule has 0 unspecified atom stereocenters. The summed E-state index contributed by atoms with van der Waals surface area (Å²) in [5.74, 6) is 1.05. The second-order valence-corrected chi connectivity index (χ2v) is 8.23. The van der Waals surface area contributed by atoms with Gasteiger partial charge < -0.3 is 25.8 Å². The molecule has 1 saturated heterocycles. The number of carbonyl (C=O) groups excluding carboxylic acids is 2. The van der Waals surface area contributed by atoms with Crippen LogP contribution in [0.5, 0.6) is 0 Å². The van der Waals surface area contributed by atoms with Crippen LogP contribution in [0.15, 0.2) is 36.4 Å². The maximum atomic E-state index is 13.3. The summed E-state index contributed by atoms with van der Waals surface area (Å²) in [7, 11) is 0. The molecule has 9 heteroatoms. The second kappa shape index (κ2) is 9.35. The Morgan fingerprint density at radius 2 is 1.94 bits per heavy atom. The van der Waals surface area contributed by atoms with Gasteiger partial charge in [0.25, 0.3) is 5.91 Å². The fourth-order valence-corrected chi connectivity index (χ4v) is 3.85. The van der Waals surface area contributed by atoms with Crippen LogP contribution in [-0.2, 0) is 4.79 Å². The predicted octanol–water partition coefficient (Wildman–Crippen LogP) is 2.00. The van der Waals surface area contributed by atoms with Crippen molar-refractivity contribution in [1.82, 2.24) is 30.5 Å². The number of hydrogen-bond donors (Lipinski definition) is 4. The van der Waals surface area contributed by atoms with E-state index in [0.717, 1.165) is 17.5 Å². The van der Waals surface area contributed by atoms with Gasteiger partial charge >= 0.3 is 0 Å². The minimum atomic E-state index is -0.0847. The minimum Gasteiger partial charge on any atom is -0.368 e. The third-order valence-electron chi connectivity index (χ3n) is 5.57. The lowest BCUT2D eigenvalue weighted by atomic mass is 10.1. The maximum Gasteiger partial charge on any atom is 0.270 e. The number of hydrogen-bond acceptors (Lipinski definition) is 6. The molecule has 3 aromatic rings. The van der Waals surface area contributed by atoms with Gasteiger partial charge in [0.05, 0.1) is 5.39 Å². The molecule has 9 nitrogen and oxygen atoms in total. The molecule has 1 aliphatic rings. The molecule has 4 rings (SSSR count). The summed E-state index contributed by atoms with van der Waals surface area (Å²) in [4.78, 5) is 38.9. The Labute approximate surface area is 187 Å². The Bertz CT molecular complexity index is 1110. The highest BCUT2D eigenvalue weighted by Gasteiger charge is 2.28. The maximum absolute atomic E-state index is 13.3. The molecule has 1 fully saturated rings. The molecule has 4 N–H and O–H groups in total. The van der Waals surface area contributed by atoms with Gasteiger partial charge in [0.1, 0.15) is 17.2 Å². The van der Waals surface area contributed by atoms with Crippen molar-refractivity contribution in [3.8, 4) is 11.4 Å². The number of anilines is 1. The number of nitrogens with zero attached hydrogens (tertiary/aromatic N) is 3. The van der Waals surface area contributed by atoms with Gasteiger partial charge in [-0.3, -0.25) is 9.59 Å². The average Bonchev–Trinajstić information content (AvgIpc) is 3.22. The lowest BCUT2D eigenvalue weighted by Crippen LogP contribution is -2.56. The zero-order chi connectivity index (χ0) is 22.7. The number of fused-ring (bicyclic) bond motifs is 1. The van der Waals surface area contributed by atoms with E-state index in [0.29, 0.717) is 42.6 Å². The Balaban J connectivity index is 1.68. The van der Waals surface area contributed by atoms with E-state index in [2.05, 4.69) is 32.8 Å². The van der Waals surface area contributed by atoms with Crippen molar-refractivity contribution in [3.63, 3.8) is 0 Å². The molecule has 168 valence electrons. The molecule has 1 aromatic carbocycles. The number of H-pyrrole nitrogens is 1. The first-order chi connectivity index (χ1) is 15.4. The third-order valence-corrected chi connectivity index (χ3v) is 5.57. The topological polar surface area (TPSA) is 115 Å². The zero-order valence-electron chi connectivity index (χ0n) is 18.6. The Hall–Kier alpha value is -3.46.